The van der Waals surface area contributed by atoms with Gasteiger partial charge >= 0.3 is 0 Å². The average Bonchev–Trinajstić information content (AvgIpc) is 2.54. The van der Waals surface area contributed by atoms with Crippen molar-refractivity contribution in [2.24, 2.45) is 0 Å². The number of aliphatic hydroxyl groups is 1. The summed E-state index contributed by atoms with van der Waals surface area (Å²) in [4.78, 5) is 2.46. The van der Waals surface area contributed by atoms with E-state index in [-0.39, 0.29) is 6.61 Å². The maximum atomic E-state index is 12.6. The first-order valence-electron chi connectivity index (χ1n) is 8.00. The summed E-state index contributed by atoms with van der Waals surface area (Å²) in [5, 5.41) is 8.94. The molecule has 1 aromatic carbocycles. The van der Waals surface area contributed by atoms with E-state index < -0.39 is 10.0 Å². The Kier molecular flexibility index (Phi) is 6.37. The number of nitrogens with zero attached hydrogens (tertiary/aromatic N) is 2. The lowest BCUT2D eigenvalue weighted by Gasteiger charge is -2.33. The van der Waals surface area contributed by atoms with Crippen molar-refractivity contribution in [3.8, 4) is 0 Å². The highest BCUT2D eigenvalue weighted by Gasteiger charge is 2.28. The molecule has 6 heteroatoms. The zero-order chi connectivity index (χ0) is 16.0. The molecule has 0 aromatic heterocycles. The van der Waals surface area contributed by atoms with Gasteiger partial charge in [-0.1, -0.05) is 25.5 Å². The topological polar surface area (TPSA) is 60.9 Å². The molecule has 1 aliphatic rings. The second kappa shape index (κ2) is 8.06. The number of benzene rings is 1. The van der Waals surface area contributed by atoms with Gasteiger partial charge in [-0.15, -0.1) is 0 Å². The molecule has 22 heavy (non-hydrogen) atoms. The van der Waals surface area contributed by atoms with E-state index >= 15 is 0 Å². The van der Waals surface area contributed by atoms with Crippen molar-refractivity contribution in [3.63, 3.8) is 0 Å². The number of rotatable bonds is 7. The van der Waals surface area contributed by atoms with Crippen LogP contribution in [0.5, 0.6) is 0 Å². The number of hydrogen-bond donors (Lipinski definition) is 1. The van der Waals surface area contributed by atoms with Gasteiger partial charge in [-0.3, -0.25) is 4.90 Å². The smallest absolute Gasteiger partial charge is 0.243 e. The molecule has 0 atom stereocenters. The summed E-state index contributed by atoms with van der Waals surface area (Å²) < 4.78 is 26.8. The van der Waals surface area contributed by atoms with E-state index in [0.717, 1.165) is 19.3 Å². The number of sulfonamides is 1. The van der Waals surface area contributed by atoms with Crippen LogP contribution >= 0.6 is 0 Å². The fraction of sp³-hybridized carbons (Fsp3) is 0.625. The minimum Gasteiger partial charge on any atom is -0.395 e. The molecule has 1 N–H and O–H groups in total. The van der Waals surface area contributed by atoms with E-state index in [2.05, 4.69) is 11.8 Å². The van der Waals surface area contributed by atoms with Gasteiger partial charge in [0.05, 0.1) is 11.5 Å². The molecular formula is C16H26N2O3S. The maximum Gasteiger partial charge on any atom is 0.243 e. The van der Waals surface area contributed by atoms with Gasteiger partial charge in [0, 0.05) is 32.7 Å². The van der Waals surface area contributed by atoms with Crippen LogP contribution in [0.25, 0.3) is 0 Å². The monoisotopic (exact) mass is 326 g/mol. The molecule has 5 nitrogen and oxygen atoms in total. The molecule has 0 radical (unpaired) electrons. The third-order valence-corrected chi connectivity index (χ3v) is 6.04. The van der Waals surface area contributed by atoms with Gasteiger partial charge in [0.15, 0.2) is 0 Å². The van der Waals surface area contributed by atoms with E-state index in [1.807, 2.05) is 12.1 Å². The molecule has 0 amide bonds. The molecule has 0 bridgehead atoms. The lowest BCUT2D eigenvalue weighted by atomic mass is 10.1. The number of β-amino-alcohol motifs (C(OH)–C–C–N with tert-alkyl or cyclic N) is 1. The lowest BCUT2D eigenvalue weighted by Crippen LogP contribution is -2.49. The van der Waals surface area contributed by atoms with Gasteiger partial charge in [-0.2, -0.15) is 4.31 Å². The van der Waals surface area contributed by atoms with Crippen LogP contribution in [-0.4, -0.2) is 62.1 Å². The molecule has 1 saturated heterocycles. The predicted molar refractivity (Wildman–Crippen MR) is 87.3 cm³/mol. The summed E-state index contributed by atoms with van der Waals surface area (Å²) >= 11 is 0. The quantitative estimate of drug-likeness (QED) is 0.821. The van der Waals surface area contributed by atoms with Gasteiger partial charge in [0.2, 0.25) is 10.0 Å². The van der Waals surface area contributed by atoms with Crippen LogP contribution < -0.4 is 0 Å². The summed E-state index contributed by atoms with van der Waals surface area (Å²) in [5.41, 5.74) is 1.19. The van der Waals surface area contributed by atoms with E-state index in [1.165, 1.54) is 5.56 Å². The summed E-state index contributed by atoms with van der Waals surface area (Å²) in [6.07, 6.45) is 3.26. The van der Waals surface area contributed by atoms with E-state index in [1.54, 1.807) is 16.4 Å². The summed E-state index contributed by atoms with van der Waals surface area (Å²) in [7, 11) is -3.39. The largest absolute Gasteiger partial charge is 0.395 e. The Morgan fingerprint density at radius 1 is 1.09 bits per heavy atom. The third kappa shape index (κ3) is 4.29. The molecule has 0 unspecified atom stereocenters. The van der Waals surface area contributed by atoms with Gasteiger partial charge in [-0.05, 0) is 30.5 Å². The highest BCUT2D eigenvalue weighted by atomic mass is 32.2. The summed E-state index contributed by atoms with van der Waals surface area (Å²) in [5.74, 6) is 0. The summed E-state index contributed by atoms with van der Waals surface area (Å²) in [6, 6.07) is 7.29. The van der Waals surface area contributed by atoms with Crippen LogP contribution in [0.4, 0.5) is 0 Å². The Morgan fingerprint density at radius 3 is 2.27 bits per heavy atom. The molecule has 1 heterocycles. The van der Waals surface area contributed by atoms with E-state index in [4.69, 9.17) is 5.11 Å². The Bertz CT molecular complexity index is 549. The van der Waals surface area contributed by atoms with Crippen LogP contribution in [0.1, 0.15) is 25.3 Å². The number of hydrogen-bond acceptors (Lipinski definition) is 4. The number of aliphatic hydroxyl groups excluding tert-OH is 1. The number of piperazine rings is 1. The fourth-order valence-electron chi connectivity index (χ4n) is 2.69. The molecule has 1 aliphatic heterocycles. The van der Waals surface area contributed by atoms with Crippen molar-refractivity contribution < 1.29 is 13.5 Å². The van der Waals surface area contributed by atoms with Crippen molar-refractivity contribution >= 4 is 10.0 Å². The Balaban J connectivity index is 2.01. The Labute approximate surface area is 133 Å². The summed E-state index contributed by atoms with van der Waals surface area (Å²) in [6.45, 7) is 5.20. The molecule has 0 saturated carbocycles. The first-order chi connectivity index (χ1) is 10.6. The normalized spacial score (nSPS) is 17.7. The zero-order valence-corrected chi connectivity index (χ0v) is 14.1. The predicted octanol–water partition coefficient (Wildman–Crippen LogP) is 1.33. The van der Waals surface area contributed by atoms with Gasteiger partial charge in [0.25, 0.3) is 0 Å². The molecule has 0 spiro atoms. The van der Waals surface area contributed by atoms with Crippen LogP contribution in [0.2, 0.25) is 0 Å². The Hall–Kier alpha value is -0.950. The first kappa shape index (κ1) is 17.4. The minimum atomic E-state index is -3.39. The standard InChI is InChI=1S/C16H26N2O3S/c1-2-3-4-15-5-7-16(8-6-15)22(20,21)18-11-9-17(10-12-18)13-14-19/h5-8,19H,2-4,9-14H2,1H3. The van der Waals surface area contributed by atoms with Crippen molar-refractivity contribution in [2.75, 3.05) is 39.3 Å². The fourth-order valence-corrected chi connectivity index (χ4v) is 4.12. The molecule has 1 aromatic rings. The number of aryl methyl sites for hydroxylation is 1. The van der Waals surface area contributed by atoms with Gasteiger partial charge in [-0.25, -0.2) is 8.42 Å². The average molecular weight is 326 g/mol. The van der Waals surface area contributed by atoms with Crippen molar-refractivity contribution in [3.05, 3.63) is 29.8 Å². The van der Waals surface area contributed by atoms with Crippen LogP contribution in [0.3, 0.4) is 0 Å². The lowest BCUT2D eigenvalue weighted by molar-refractivity contribution is 0.151. The Morgan fingerprint density at radius 2 is 1.73 bits per heavy atom. The van der Waals surface area contributed by atoms with Gasteiger partial charge < -0.3 is 5.11 Å². The van der Waals surface area contributed by atoms with Crippen LogP contribution in [0.15, 0.2) is 29.2 Å². The number of unbranched alkanes of at least 4 members (excludes halogenated alkanes) is 1. The SMILES string of the molecule is CCCCc1ccc(S(=O)(=O)N2CCN(CCO)CC2)cc1. The van der Waals surface area contributed by atoms with E-state index in [9.17, 15) is 8.42 Å². The highest BCUT2D eigenvalue weighted by molar-refractivity contribution is 7.89. The van der Waals surface area contributed by atoms with Crippen LogP contribution in [-0.2, 0) is 16.4 Å². The first-order valence-corrected chi connectivity index (χ1v) is 9.44. The van der Waals surface area contributed by atoms with Crippen molar-refractivity contribution in [2.45, 2.75) is 31.1 Å². The second-order valence-corrected chi connectivity index (χ2v) is 7.65. The van der Waals surface area contributed by atoms with Crippen LogP contribution in [0, 0.1) is 0 Å². The molecule has 1 fully saturated rings. The maximum absolute atomic E-state index is 12.6. The second-order valence-electron chi connectivity index (χ2n) is 5.72. The zero-order valence-electron chi connectivity index (χ0n) is 13.2. The third-order valence-electron chi connectivity index (χ3n) is 4.13. The van der Waals surface area contributed by atoms with Gasteiger partial charge in [0.1, 0.15) is 0 Å². The molecule has 124 valence electrons. The molecular weight excluding hydrogens is 300 g/mol. The molecule has 2 rings (SSSR count). The van der Waals surface area contributed by atoms with E-state index in [0.29, 0.717) is 37.6 Å². The minimum absolute atomic E-state index is 0.117. The highest BCUT2D eigenvalue weighted by Crippen LogP contribution is 2.19. The van der Waals surface area contributed by atoms with Crippen molar-refractivity contribution in [1.82, 2.24) is 9.21 Å². The van der Waals surface area contributed by atoms with Crippen molar-refractivity contribution in [1.29, 1.82) is 0 Å². The molecule has 0 aliphatic carbocycles.